The van der Waals surface area contributed by atoms with Crippen molar-refractivity contribution in [3.63, 3.8) is 0 Å². The normalized spacial score (nSPS) is 12.0. The lowest BCUT2D eigenvalue weighted by molar-refractivity contribution is 0.176. The van der Waals surface area contributed by atoms with Gasteiger partial charge in [0.2, 0.25) is 0 Å². The van der Waals surface area contributed by atoms with Crippen LogP contribution in [0.2, 0.25) is 0 Å². The van der Waals surface area contributed by atoms with Gasteiger partial charge >= 0.3 is 0 Å². The second kappa shape index (κ2) is 7.09. The lowest BCUT2D eigenvalue weighted by Gasteiger charge is -2.12. The van der Waals surface area contributed by atoms with Crippen LogP contribution in [0, 0.1) is 0 Å². The molecule has 0 saturated heterocycles. The van der Waals surface area contributed by atoms with Gasteiger partial charge in [-0.25, -0.2) is 0 Å². The number of allylic oxidation sites excluding steroid dienone is 1. The lowest BCUT2D eigenvalue weighted by atomic mass is 10.1. The van der Waals surface area contributed by atoms with Gasteiger partial charge in [-0.1, -0.05) is 23.8 Å². The zero-order valence-corrected chi connectivity index (χ0v) is 10.7. The predicted molar refractivity (Wildman–Crippen MR) is 70.3 cm³/mol. The second-order valence-corrected chi connectivity index (χ2v) is 4.23. The number of hydrogen-bond acceptors (Lipinski definition) is 3. The van der Waals surface area contributed by atoms with E-state index in [1.165, 1.54) is 5.57 Å². The van der Waals surface area contributed by atoms with E-state index >= 15 is 0 Å². The van der Waals surface area contributed by atoms with Crippen LogP contribution in [0.1, 0.15) is 25.5 Å². The highest BCUT2D eigenvalue weighted by atomic mass is 16.5. The van der Waals surface area contributed by atoms with Crippen LogP contribution < -0.4 is 10.1 Å². The third-order valence-corrected chi connectivity index (χ3v) is 2.49. The maximum atomic E-state index is 9.93. The molecular weight excluding hydrogens is 214 g/mol. The molecule has 1 unspecified atom stereocenters. The highest BCUT2D eigenvalue weighted by Crippen LogP contribution is 2.16. The summed E-state index contributed by atoms with van der Waals surface area (Å²) < 4.78 is 5.07. The molecule has 2 N–H and O–H groups in total. The smallest absolute Gasteiger partial charge is 0.118 e. The molecule has 1 aromatic carbocycles. The summed E-state index contributed by atoms with van der Waals surface area (Å²) >= 11 is 0. The highest BCUT2D eigenvalue weighted by molar-refractivity contribution is 5.28. The van der Waals surface area contributed by atoms with Crippen molar-refractivity contribution >= 4 is 0 Å². The lowest BCUT2D eigenvalue weighted by Crippen LogP contribution is -2.21. The Morgan fingerprint density at radius 2 is 2.00 bits per heavy atom. The minimum Gasteiger partial charge on any atom is -0.497 e. The van der Waals surface area contributed by atoms with E-state index in [1.54, 1.807) is 7.11 Å². The van der Waals surface area contributed by atoms with E-state index in [2.05, 4.69) is 25.2 Å². The average Bonchev–Trinajstić information content (AvgIpc) is 2.34. The van der Waals surface area contributed by atoms with Crippen molar-refractivity contribution in [2.24, 2.45) is 0 Å². The molecule has 1 aromatic rings. The van der Waals surface area contributed by atoms with Crippen molar-refractivity contribution in [3.8, 4) is 5.75 Å². The van der Waals surface area contributed by atoms with E-state index in [1.807, 2.05) is 24.3 Å². The van der Waals surface area contributed by atoms with Crippen LogP contribution in [0.15, 0.2) is 35.9 Å². The van der Waals surface area contributed by atoms with Crippen molar-refractivity contribution in [1.82, 2.24) is 5.32 Å². The Morgan fingerprint density at radius 3 is 2.53 bits per heavy atom. The summed E-state index contributed by atoms with van der Waals surface area (Å²) in [5, 5.41) is 13.1. The maximum absolute atomic E-state index is 9.93. The first-order valence-corrected chi connectivity index (χ1v) is 5.79. The molecule has 0 saturated carbocycles. The Labute approximate surface area is 103 Å². The standard InChI is InChI=1S/C14H21NO2/c1-11(2)8-9-15-10-14(16)12-4-6-13(17-3)7-5-12/h4-8,14-16H,9-10H2,1-3H3. The molecule has 0 aliphatic heterocycles. The molecule has 1 atom stereocenters. The monoisotopic (exact) mass is 235 g/mol. The molecule has 17 heavy (non-hydrogen) atoms. The van der Waals surface area contributed by atoms with Gasteiger partial charge in [0.05, 0.1) is 13.2 Å². The number of benzene rings is 1. The SMILES string of the molecule is COc1ccc(C(O)CNCC=C(C)C)cc1. The van der Waals surface area contributed by atoms with E-state index in [0.29, 0.717) is 6.54 Å². The Hall–Kier alpha value is -1.32. The van der Waals surface area contributed by atoms with Crippen LogP contribution in [-0.2, 0) is 0 Å². The molecule has 0 spiro atoms. The van der Waals surface area contributed by atoms with Crippen LogP contribution in [0.4, 0.5) is 0 Å². The minimum atomic E-state index is -0.480. The fourth-order valence-electron chi connectivity index (χ4n) is 1.44. The summed E-state index contributed by atoms with van der Waals surface area (Å²) in [6, 6.07) is 7.47. The Kier molecular flexibility index (Phi) is 5.73. The average molecular weight is 235 g/mol. The van der Waals surface area contributed by atoms with Crippen molar-refractivity contribution < 1.29 is 9.84 Å². The van der Waals surface area contributed by atoms with E-state index in [9.17, 15) is 5.11 Å². The molecule has 0 aliphatic rings. The summed E-state index contributed by atoms with van der Waals surface area (Å²) in [6.45, 7) is 5.45. The number of methoxy groups -OCH3 is 1. The first-order chi connectivity index (χ1) is 8.13. The van der Waals surface area contributed by atoms with Gasteiger partial charge in [0.15, 0.2) is 0 Å². The van der Waals surface area contributed by atoms with Gasteiger partial charge in [0.25, 0.3) is 0 Å². The topological polar surface area (TPSA) is 41.5 Å². The molecule has 1 rings (SSSR count). The molecule has 3 nitrogen and oxygen atoms in total. The number of aliphatic hydroxyl groups is 1. The van der Waals surface area contributed by atoms with E-state index in [4.69, 9.17) is 4.74 Å². The molecule has 0 bridgehead atoms. The summed E-state index contributed by atoms with van der Waals surface area (Å²) in [7, 11) is 1.63. The fraction of sp³-hybridized carbons (Fsp3) is 0.429. The second-order valence-electron chi connectivity index (χ2n) is 4.23. The number of rotatable bonds is 6. The maximum Gasteiger partial charge on any atom is 0.118 e. The summed E-state index contributed by atoms with van der Waals surface area (Å²) in [5.74, 6) is 0.804. The number of hydrogen-bond donors (Lipinski definition) is 2. The molecule has 0 heterocycles. The third-order valence-electron chi connectivity index (χ3n) is 2.49. The zero-order valence-electron chi connectivity index (χ0n) is 10.7. The molecule has 0 fully saturated rings. The Morgan fingerprint density at radius 1 is 1.35 bits per heavy atom. The summed E-state index contributed by atoms with van der Waals surface area (Å²) in [5.41, 5.74) is 2.17. The largest absolute Gasteiger partial charge is 0.497 e. The molecule has 0 amide bonds. The molecule has 94 valence electrons. The third kappa shape index (κ3) is 5.02. The minimum absolute atomic E-state index is 0.480. The van der Waals surface area contributed by atoms with E-state index < -0.39 is 6.10 Å². The van der Waals surface area contributed by atoms with Gasteiger partial charge < -0.3 is 15.2 Å². The van der Waals surface area contributed by atoms with E-state index in [0.717, 1.165) is 17.9 Å². The zero-order chi connectivity index (χ0) is 12.7. The number of aliphatic hydroxyl groups excluding tert-OH is 1. The number of nitrogens with one attached hydrogen (secondary N) is 1. The van der Waals surface area contributed by atoms with Gasteiger partial charge in [-0.15, -0.1) is 0 Å². The fourth-order valence-corrected chi connectivity index (χ4v) is 1.44. The van der Waals surface area contributed by atoms with Crippen molar-refractivity contribution in [2.75, 3.05) is 20.2 Å². The molecule has 0 aliphatic carbocycles. The van der Waals surface area contributed by atoms with Gasteiger partial charge in [-0.2, -0.15) is 0 Å². The van der Waals surface area contributed by atoms with Gasteiger partial charge in [0, 0.05) is 13.1 Å². The highest BCUT2D eigenvalue weighted by Gasteiger charge is 2.06. The van der Waals surface area contributed by atoms with Crippen molar-refractivity contribution in [3.05, 3.63) is 41.5 Å². The number of ether oxygens (including phenoxy) is 1. The summed E-state index contributed by atoms with van der Waals surface area (Å²) in [4.78, 5) is 0. The first kappa shape index (κ1) is 13.7. The van der Waals surface area contributed by atoms with Crippen molar-refractivity contribution in [1.29, 1.82) is 0 Å². The molecule has 0 aromatic heterocycles. The van der Waals surface area contributed by atoms with Gasteiger partial charge in [0.1, 0.15) is 5.75 Å². The Balaban J connectivity index is 2.41. The van der Waals surface area contributed by atoms with Crippen LogP contribution >= 0.6 is 0 Å². The summed E-state index contributed by atoms with van der Waals surface area (Å²) in [6.07, 6.45) is 1.62. The quantitative estimate of drug-likeness (QED) is 0.587. The predicted octanol–water partition coefficient (Wildman–Crippen LogP) is 2.28. The molecule has 0 radical (unpaired) electrons. The Bertz CT molecular complexity index is 353. The van der Waals surface area contributed by atoms with Crippen LogP contribution in [0.25, 0.3) is 0 Å². The van der Waals surface area contributed by atoms with Crippen LogP contribution in [0.5, 0.6) is 5.75 Å². The van der Waals surface area contributed by atoms with E-state index in [-0.39, 0.29) is 0 Å². The first-order valence-electron chi connectivity index (χ1n) is 5.79. The van der Waals surface area contributed by atoms with Crippen molar-refractivity contribution in [2.45, 2.75) is 20.0 Å². The van der Waals surface area contributed by atoms with Gasteiger partial charge in [-0.3, -0.25) is 0 Å². The van der Waals surface area contributed by atoms with Crippen LogP contribution in [-0.4, -0.2) is 25.3 Å². The van der Waals surface area contributed by atoms with Gasteiger partial charge in [-0.05, 0) is 31.5 Å². The molecule has 3 heteroatoms. The van der Waals surface area contributed by atoms with Crippen LogP contribution in [0.3, 0.4) is 0 Å². The molecular formula is C14H21NO2.